The molecule has 1 aliphatic heterocycles. The van der Waals surface area contributed by atoms with E-state index in [4.69, 9.17) is 21.6 Å². The summed E-state index contributed by atoms with van der Waals surface area (Å²) in [5.74, 6) is 1.84. The van der Waals surface area contributed by atoms with Crippen LogP contribution in [0, 0.1) is 11.8 Å². The van der Waals surface area contributed by atoms with Crippen LogP contribution in [0.3, 0.4) is 0 Å². The molecule has 1 heterocycles. The van der Waals surface area contributed by atoms with Gasteiger partial charge in [0.1, 0.15) is 5.60 Å². The Morgan fingerprint density at radius 2 is 1.42 bits per heavy atom. The van der Waals surface area contributed by atoms with E-state index in [-0.39, 0.29) is 21.6 Å². The highest BCUT2D eigenvalue weighted by Gasteiger charge is 2.47. The van der Waals surface area contributed by atoms with Gasteiger partial charge in [0.2, 0.25) is 0 Å². The first-order valence-electron chi connectivity index (χ1n) is 14.2. The summed E-state index contributed by atoms with van der Waals surface area (Å²) in [6, 6.07) is 16.6. The van der Waals surface area contributed by atoms with Crippen molar-refractivity contribution in [2.75, 3.05) is 0 Å². The molecular formula is C33H45ClN2O2. The summed E-state index contributed by atoms with van der Waals surface area (Å²) in [7, 11) is 0. The van der Waals surface area contributed by atoms with Crippen LogP contribution >= 0.6 is 11.6 Å². The summed E-state index contributed by atoms with van der Waals surface area (Å²) in [6.07, 6.45) is 10.5. The molecule has 38 heavy (non-hydrogen) atoms. The van der Waals surface area contributed by atoms with Crippen molar-refractivity contribution in [3.05, 3.63) is 70.8 Å². The van der Waals surface area contributed by atoms with E-state index in [2.05, 4.69) is 76.1 Å². The predicted molar refractivity (Wildman–Crippen MR) is 159 cm³/mol. The van der Waals surface area contributed by atoms with Gasteiger partial charge in [-0.2, -0.15) is 0 Å². The molecule has 1 spiro atoms. The zero-order valence-corrected chi connectivity index (χ0v) is 24.8. The summed E-state index contributed by atoms with van der Waals surface area (Å²) >= 11 is 5.66. The Kier molecular flexibility index (Phi) is 8.62. The van der Waals surface area contributed by atoms with Crippen molar-refractivity contribution in [3.8, 4) is 0 Å². The number of nitrogens with zero attached hydrogens (tertiary/aromatic N) is 2. The lowest BCUT2D eigenvalue weighted by Gasteiger charge is -2.43. The Bertz CT molecular complexity index is 1140. The summed E-state index contributed by atoms with van der Waals surface area (Å²) in [6.45, 7) is 13.2. The molecule has 1 N–H and O–H groups in total. The van der Waals surface area contributed by atoms with Gasteiger partial charge in [-0.15, -0.1) is 0 Å². The molecule has 0 saturated heterocycles. The fourth-order valence-electron chi connectivity index (χ4n) is 6.21. The van der Waals surface area contributed by atoms with Crippen molar-refractivity contribution in [2.45, 2.75) is 109 Å². The predicted octanol–water partition coefficient (Wildman–Crippen LogP) is 9.20. The normalized spacial score (nSPS) is 25.7. The first-order chi connectivity index (χ1) is 17.9. The maximum Gasteiger partial charge on any atom is 0.175 e. The second-order valence-corrected chi connectivity index (χ2v) is 13.9. The average Bonchev–Trinajstić information content (AvgIpc) is 3.30. The lowest BCUT2D eigenvalue weighted by atomic mass is 9.65. The highest BCUT2D eigenvalue weighted by Crippen LogP contribution is 2.49. The maximum absolute atomic E-state index is 8.47. The number of oxime groups is 2. The number of hydrogen-bond acceptors (Lipinski definition) is 4. The van der Waals surface area contributed by atoms with Crippen molar-refractivity contribution in [1.29, 1.82) is 0 Å². The molecule has 2 aromatic carbocycles. The van der Waals surface area contributed by atoms with Crippen LogP contribution in [-0.2, 0) is 15.7 Å². The number of fused-ring (bicyclic) bond motifs is 1. The third-order valence-electron chi connectivity index (χ3n) is 8.67. The second-order valence-electron chi connectivity index (χ2n) is 13.6. The molecule has 3 aliphatic rings. The number of halogens is 1. The second kappa shape index (κ2) is 11.4. The smallest absolute Gasteiger partial charge is 0.175 e. The number of rotatable bonds is 2. The quantitative estimate of drug-likeness (QED) is 0.236. The van der Waals surface area contributed by atoms with Gasteiger partial charge in [0.05, 0.1) is 5.71 Å². The van der Waals surface area contributed by atoms with E-state index in [0.717, 1.165) is 29.5 Å². The van der Waals surface area contributed by atoms with E-state index in [0.29, 0.717) is 0 Å². The molecule has 0 aromatic heterocycles. The molecule has 2 saturated carbocycles. The van der Waals surface area contributed by atoms with Crippen molar-refractivity contribution in [2.24, 2.45) is 22.1 Å². The van der Waals surface area contributed by atoms with Crippen LogP contribution in [0.5, 0.6) is 0 Å². The SMILES string of the molecule is CC(C)(C)c1ccc(/C(Cl)=N/O)cc1.CC(C)(C)c1ccc(C2=NOC3(CCC4CCCCC4C3)C2)cc1. The summed E-state index contributed by atoms with van der Waals surface area (Å²) < 4.78 is 0. The minimum absolute atomic E-state index is 0.0105. The largest absolute Gasteiger partial charge is 0.410 e. The molecule has 0 amide bonds. The fourth-order valence-corrected chi connectivity index (χ4v) is 6.34. The first-order valence-corrected chi connectivity index (χ1v) is 14.6. The van der Waals surface area contributed by atoms with Crippen LogP contribution in [-0.4, -0.2) is 21.7 Å². The zero-order valence-electron chi connectivity index (χ0n) is 24.1. The van der Waals surface area contributed by atoms with Crippen LogP contribution in [0.4, 0.5) is 0 Å². The third kappa shape index (κ3) is 6.81. The molecule has 206 valence electrons. The molecule has 5 rings (SSSR count). The molecule has 3 unspecified atom stereocenters. The van der Waals surface area contributed by atoms with Gasteiger partial charge in [0.15, 0.2) is 5.17 Å². The van der Waals surface area contributed by atoms with E-state index in [1.54, 1.807) is 0 Å². The van der Waals surface area contributed by atoms with Gasteiger partial charge in [0.25, 0.3) is 0 Å². The van der Waals surface area contributed by atoms with Crippen molar-refractivity contribution < 1.29 is 10.0 Å². The minimum atomic E-state index is 0.0105. The third-order valence-corrected chi connectivity index (χ3v) is 8.97. The topological polar surface area (TPSA) is 54.2 Å². The molecule has 5 heteroatoms. The lowest BCUT2D eigenvalue weighted by molar-refractivity contribution is -0.0796. The monoisotopic (exact) mass is 536 g/mol. The highest BCUT2D eigenvalue weighted by molar-refractivity contribution is 6.69. The van der Waals surface area contributed by atoms with Gasteiger partial charge in [0, 0.05) is 12.0 Å². The van der Waals surface area contributed by atoms with Crippen LogP contribution in [0.2, 0.25) is 0 Å². The van der Waals surface area contributed by atoms with Gasteiger partial charge < -0.3 is 10.0 Å². The van der Waals surface area contributed by atoms with E-state index < -0.39 is 0 Å². The average molecular weight is 537 g/mol. The number of benzene rings is 2. The molecule has 2 fully saturated rings. The number of hydrogen-bond donors (Lipinski definition) is 1. The maximum atomic E-state index is 8.47. The highest BCUT2D eigenvalue weighted by atomic mass is 35.5. The molecule has 2 aromatic rings. The standard InChI is InChI=1S/C22H31NO.C11H14ClNO/c1-21(2,3)19-10-8-17(9-11-19)20-15-22(24-23-20)13-12-16-6-4-5-7-18(16)14-22;1-11(2,3)9-6-4-8(5-7-9)10(12)13-14/h8-11,16,18H,4-7,12-15H2,1-3H3;4-7,14H,1-3H3/b;13-10-. The van der Waals surface area contributed by atoms with Crippen LogP contribution in [0.1, 0.15) is 115 Å². The van der Waals surface area contributed by atoms with E-state index in [1.165, 1.54) is 61.6 Å². The molecule has 2 aliphatic carbocycles. The fraction of sp³-hybridized carbons (Fsp3) is 0.576. The van der Waals surface area contributed by atoms with Gasteiger partial charge in [-0.05, 0) is 58.6 Å². The van der Waals surface area contributed by atoms with Crippen molar-refractivity contribution >= 4 is 22.5 Å². The van der Waals surface area contributed by atoms with Gasteiger partial charge in [-0.3, -0.25) is 0 Å². The Labute approximate surface area is 234 Å². The van der Waals surface area contributed by atoms with E-state index in [9.17, 15) is 0 Å². The molecule has 0 radical (unpaired) electrons. The molecule has 4 nitrogen and oxygen atoms in total. The van der Waals surface area contributed by atoms with Crippen LogP contribution in [0.25, 0.3) is 0 Å². The summed E-state index contributed by atoms with van der Waals surface area (Å²) in [4.78, 5) is 6.08. The Morgan fingerprint density at radius 1 is 0.868 bits per heavy atom. The van der Waals surface area contributed by atoms with Crippen LogP contribution < -0.4 is 0 Å². The van der Waals surface area contributed by atoms with Gasteiger partial charge in [-0.25, -0.2) is 0 Å². The van der Waals surface area contributed by atoms with Gasteiger partial charge in [-0.1, -0.05) is 138 Å². The molecular weight excluding hydrogens is 492 g/mol. The molecule has 0 bridgehead atoms. The first kappa shape index (κ1) is 28.7. The lowest BCUT2D eigenvalue weighted by Crippen LogP contribution is -2.40. The summed E-state index contributed by atoms with van der Waals surface area (Å²) in [5, 5.41) is 16.1. The Morgan fingerprint density at radius 3 is 1.97 bits per heavy atom. The van der Waals surface area contributed by atoms with E-state index in [1.807, 2.05) is 24.3 Å². The Hall–Kier alpha value is -2.33. The van der Waals surface area contributed by atoms with Gasteiger partial charge >= 0.3 is 0 Å². The van der Waals surface area contributed by atoms with Crippen molar-refractivity contribution in [1.82, 2.24) is 0 Å². The Balaban J connectivity index is 0.000000206. The molecule has 3 atom stereocenters. The van der Waals surface area contributed by atoms with Crippen LogP contribution in [0.15, 0.2) is 58.8 Å². The van der Waals surface area contributed by atoms with E-state index >= 15 is 0 Å². The summed E-state index contributed by atoms with van der Waals surface area (Å²) in [5.41, 5.74) is 6.06. The zero-order chi connectivity index (χ0) is 27.6. The minimum Gasteiger partial charge on any atom is -0.410 e. The van der Waals surface area contributed by atoms with Crippen molar-refractivity contribution in [3.63, 3.8) is 0 Å².